The number of para-hydroxylation sites is 2. The SMILES string of the molecule is CCOC(=O)CC1=CC(SCC(=O)NC(C)CC)=Nc2ccccc2N1. The molecule has 26 heavy (non-hydrogen) atoms. The van der Waals surface area contributed by atoms with Crippen molar-refractivity contribution in [3.8, 4) is 0 Å². The lowest BCUT2D eigenvalue weighted by atomic mass is 10.2. The van der Waals surface area contributed by atoms with Crippen LogP contribution in [0.25, 0.3) is 0 Å². The Balaban J connectivity index is 2.13. The molecule has 2 rings (SSSR count). The molecule has 6 nitrogen and oxygen atoms in total. The number of anilines is 1. The van der Waals surface area contributed by atoms with Gasteiger partial charge in [-0.15, -0.1) is 0 Å². The predicted octanol–water partition coefficient (Wildman–Crippen LogP) is 3.63. The van der Waals surface area contributed by atoms with Crippen LogP contribution in [0.3, 0.4) is 0 Å². The van der Waals surface area contributed by atoms with E-state index in [1.54, 1.807) is 13.0 Å². The number of aliphatic imine (C=N–C) groups is 1. The second-order valence-corrected chi connectivity index (χ2v) is 6.90. The standard InChI is InChI=1S/C19H25N3O3S/c1-4-13(3)20-17(23)12-26-18-10-14(11-19(24)25-5-2)21-15-8-6-7-9-16(15)22-18/h6-10,13,21H,4-5,11-12H2,1-3H3,(H,20,23). The number of carbonyl (C=O) groups is 2. The van der Waals surface area contributed by atoms with Gasteiger partial charge in [-0.05, 0) is 38.5 Å². The van der Waals surface area contributed by atoms with Gasteiger partial charge in [0.1, 0.15) is 0 Å². The van der Waals surface area contributed by atoms with Gasteiger partial charge in [0.2, 0.25) is 5.91 Å². The summed E-state index contributed by atoms with van der Waals surface area (Å²) >= 11 is 1.35. The molecule has 140 valence electrons. The molecule has 0 fully saturated rings. The van der Waals surface area contributed by atoms with Crippen LogP contribution in [0.1, 0.15) is 33.6 Å². The molecule has 1 atom stereocenters. The number of benzene rings is 1. The van der Waals surface area contributed by atoms with Crippen LogP contribution in [0.2, 0.25) is 0 Å². The van der Waals surface area contributed by atoms with Gasteiger partial charge in [-0.25, -0.2) is 4.99 Å². The number of rotatable bonds is 7. The van der Waals surface area contributed by atoms with Crippen LogP contribution in [0.15, 0.2) is 41.0 Å². The molecule has 0 aromatic heterocycles. The molecule has 1 aliphatic rings. The maximum Gasteiger partial charge on any atom is 0.311 e. The zero-order valence-corrected chi connectivity index (χ0v) is 16.2. The molecule has 0 spiro atoms. The van der Waals surface area contributed by atoms with Crippen LogP contribution < -0.4 is 10.6 Å². The Morgan fingerprint density at radius 3 is 2.81 bits per heavy atom. The van der Waals surface area contributed by atoms with Crippen LogP contribution in [0.4, 0.5) is 11.4 Å². The number of hydrogen-bond donors (Lipinski definition) is 2. The zero-order chi connectivity index (χ0) is 18.9. The molecule has 1 heterocycles. The molecule has 1 aromatic rings. The molecule has 0 aliphatic carbocycles. The largest absolute Gasteiger partial charge is 0.466 e. The second kappa shape index (κ2) is 10.0. The van der Waals surface area contributed by atoms with Gasteiger partial charge < -0.3 is 15.4 Å². The summed E-state index contributed by atoms with van der Waals surface area (Å²) < 4.78 is 5.03. The van der Waals surface area contributed by atoms with E-state index in [-0.39, 0.29) is 30.1 Å². The van der Waals surface area contributed by atoms with Crippen molar-refractivity contribution in [2.75, 3.05) is 17.7 Å². The fourth-order valence-corrected chi connectivity index (χ4v) is 3.03. The van der Waals surface area contributed by atoms with Gasteiger partial charge in [-0.3, -0.25) is 9.59 Å². The number of carbonyl (C=O) groups excluding carboxylic acids is 2. The molecule has 0 saturated carbocycles. The summed E-state index contributed by atoms with van der Waals surface area (Å²) in [6, 6.07) is 7.75. The molecule has 0 saturated heterocycles. The monoisotopic (exact) mass is 375 g/mol. The number of ether oxygens (including phenoxy) is 1. The van der Waals surface area contributed by atoms with Crippen molar-refractivity contribution >= 4 is 40.1 Å². The number of nitrogens with one attached hydrogen (secondary N) is 2. The number of hydrogen-bond acceptors (Lipinski definition) is 6. The van der Waals surface area contributed by atoms with Crippen LogP contribution in [-0.2, 0) is 14.3 Å². The summed E-state index contributed by atoms with van der Waals surface area (Å²) in [7, 11) is 0. The predicted molar refractivity (Wildman–Crippen MR) is 107 cm³/mol. The lowest BCUT2D eigenvalue weighted by Gasteiger charge is -2.11. The Morgan fingerprint density at radius 1 is 1.31 bits per heavy atom. The van der Waals surface area contributed by atoms with Crippen molar-refractivity contribution < 1.29 is 14.3 Å². The maximum atomic E-state index is 12.0. The molecular weight excluding hydrogens is 350 g/mol. The summed E-state index contributed by atoms with van der Waals surface area (Å²) in [6.45, 7) is 6.12. The summed E-state index contributed by atoms with van der Waals surface area (Å²) in [6.07, 6.45) is 2.82. The van der Waals surface area contributed by atoms with Gasteiger partial charge in [0.25, 0.3) is 0 Å². The quantitative estimate of drug-likeness (QED) is 0.712. The van der Waals surface area contributed by atoms with Crippen molar-refractivity contribution in [1.82, 2.24) is 5.32 Å². The lowest BCUT2D eigenvalue weighted by molar-refractivity contribution is -0.142. The fraction of sp³-hybridized carbons (Fsp3) is 0.421. The minimum absolute atomic E-state index is 0.0297. The normalized spacial score (nSPS) is 14.1. The average molecular weight is 375 g/mol. The number of nitrogens with zero attached hydrogens (tertiary/aromatic N) is 1. The van der Waals surface area contributed by atoms with E-state index < -0.39 is 0 Å². The smallest absolute Gasteiger partial charge is 0.311 e. The fourth-order valence-electron chi connectivity index (χ4n) is 2.28. The number of amides is 1. The van der Waals surface area contributed by atoms with Crippen molar-refractivity contribution in [3.63, 3.8) is 0 Å². The summed E-state index contributed by atoms with van der Waals surface area (Å²) in [5.41, 5.74) is 2.29. The molecule has 0 radical (unpaired) electrons. The van der Waals surface area contributed by atoms with E-state index >= 15 is 0 Å². The summed E-state index contributed by atoms with van der Waals surface area (Å²) in [5.74, 6) is -0.0588. The first-order valence-electron chi connectivity index (χ1n) is 8.74. The summed E-state index contributed by atoms with van der Waals surface area (Å²) in [4.78, 5) is 28.5. The second-order valence-electron chi connectivity index (χ2n) is 5.91. The molecule has 1 amide bonds. The van der Waals surface area contributed by atoms with Crippen LogP contribution in [-0.4, -0.2) is 35.3 Å². The number of fused-ring (bicyclic) bond motifs is 1. The maximum absolute atomic E-state index is 12.0. The van der Waals surface area contributed by atoms with Gasteiger partial charge in [0, 0.05) is 11.7 Å². The molecule has 7 heteroatoms. The third kappa shape index (κ3) is 6.22. The molecule has 1 aliphatic heterocycles. The van der Waals surface area contributed by atoms with Crippen molar-refractivity contribution in [2.24, 2.45) is 4.99 Å². The van der Waals surface area contributed by atoms with E-state index in [1.807, 2.05) is 38.1 Å². The van der Waals surface area contributed by atoms with E-state index in [2.05, 4.69) is 15.6 Å². The minimum atomic E-state index is -0.301. The van der Waals surface area contributed by atoms with Crippen molar-refractivity contribution in [3.05, 3.63) is 36.0 Å². The highest BCUT2D eigenvalue weighted by Gasteiger charge is 2.15. The highest BCUT2D eigenvalue weighted by atomic mass is 32.2. The Bertz CT molecular complexity index is 716. The number of thioether (sulfide) groups is 1. The van der Waals surface area contributed by atoms with Crippen LogP contribution in [0.5, 0.6) is 0 Å². The Morgan fingerprint density at radius 2 is 2.08 bits per heavy atom. The highest BCUT2D eigenvalue weighted by Crippen LogP contribution is 2.30. The molecule has 2 N–H and O–H groups in total. The third-order valence-electron chi connectivity index (χ3n) is 3.74. The van der Waals surface area contributed by atoms with Crippen molar-refractivity contribution in [2.45, 2.75) is 39.7 Å². The van der Waals surface area contributed by atoms with Crippen LogP contribution in [0, 0.1) is 0 Å². The first kappa shape index (κ1) is 20.0. The lowest BCUT2D eigenvalue weighted by Crippen LogP contribution is -2.33. The molecule has 0 bridgehead atoms. The molecule has 1 aromatic carbocycles. The van der Waals surface area contributed by atoms with Gasteiger partial charge >= 0.3 is 5.97 Å². The van der Waals surface area contributed by atoms with E-state index in [0.29, 0.717) is 17.3 Å². The third-order valence-corrected chi connectivity index (χ3v) is 4.65. The van der Waals surface area contributed by atoms with E-state index in [9.17, 15) is 9.59 Å². The first-order chi connectivity index (χ1) is 12.5. The Labute approximate surface area is 158 Å². The zero-order valence-electron chi connectivity index (χ0n) is 15.4. The van der Waals surface area contributed by atoms with Gasteiger partial charge in [0.05, 0.1) is 35.2 Å². The van der Waals surface area contributed by atoms with E-state index in [1.165, 1.54) is 11.8 Å². The van der Waals surface area contributed by atoms with Crippen molar-refractivity contribution in [1.29, 1.82) is 0 Å². The van der Waals surface area contributed by atoms with Gasteiger partial charge in [-0.1, -0.05) is 30.8 Å². The van der Waals surface area contributed by atoms with Gasteiger partial charge in [0.15, 0.2) is 0 Å². The van der Waals surface area contributed by atoms with E-state index in [0.717, 1.165) is 17.8 Å². The average Bonchev–Trinajstić information content (AvgIpc) is 2.78. The highest BCUT2D eigenvalue weighted by molar-refractivity contribution is 8.14. The first-order valence-corrected chi connectivity index (χ1v) is 9.73. The van der Waals surface area contributed by atoms with E-state index in [4.69, 9.17) is 4.74 Å². The number of esters is 1. The van der Waals surface area contributed by atoms with Gasteiger partial charge in [-0.2, -0.15) is 0 Å². The molecule has 1 unspecified atom stereocenters. The topological polar surface area (TPSA) is 79.8 Å². The summed E-state index contributed by atoms with van der Waals surface area (Å²) in [5, 5.41) is 6.86. The Hall–Kier alpha value is -2.28. The molecular formula is C19H25N3O3S. The van der Waals surface area contributed by atoms with Crippen LogP contribution >= 0.6 is 11.8 Å². The minimum Gasteiger partial charge on any atom is -0.466 e. The Kier molecular flexibility index (Phi) is 7.72.